The molecule has 11 nitrogen and oxygen atoms in total. The monoisotopic (exact) mass is 764 g/mol. The molecule has 0 fully saturated rings. The SMILES string of the molecule is Cc1cc2nc(NC(=O)CCc3nc(N)ccc3CCc3nccc4c3CCCC4)ccc2c(-c2ccc3c4c(ccnc24)CCO3)c1C(OC(C)(C)C)C(=O)O. The first kappa shape index (κ1) is 38.0. The fraction of sp³-hybridized carbons (Fsp3) is 0.348. The maximum atomic E-state index is 13.5. The van der Waals surface area contributed by atoms with Gasteiger partial charge in [0, 0.05) is 58.5 Å². The van der Waals surface area contributed by atoms with Gasteiger partial charge in [-0.15, -0.1) is 0 Å². The number of nitrogens with zero attached hydrogens (tertiary/aromatic N) is 4. The normalized spacial score (nSPS) is 14.2. The second kappa shape index (κ2) is 15.5. The van der Waals surface area contributed by atoms with Gasteiger partial charge >= 0.3 is 5.97 Å². The number of anilines is 2. The molecule has 1 atom stereocenters. The molecule has 1 amide bonds. The van der Waals surface area contributed by atoms with Gasteiger partial charge in [0.2, 0.25) is 5.91 Å². The average molecular weight is 765 g/mol. The Hall–Kier alpha value is -5.94. The van der Waals surface area contributed by atoms with E-state index in [1.807, 2.05) is 76.4 Å². The van der Waals surface area contributed by atoms with Crippen LogP contribution in [0.5, 0.6) is 5.75 Å². The van der Waals surface area contributed by atoms with Crippen LogP contribution in [0.4, 0.5) is 11.6 Å². The second-order valence-corrected chi connectivity index (χ2v) is 16.1. The second-order valence-electron chi connectivity index (χ2n) is 16.1. The predicted octanol–water partition coefficient (Wildman–Crippen LogP) is 8.24. The van der Waals surface area contributed by atoms with Gasteiger partial charge in [0.1, 0.15) is 17.4 Å². The largest absolute Gasteiger partial charge is 0.493 e. The summed E-state index contributed by atoms with van der Waals surface area (Å²) in [4.78, 5) is 45.5. The minimum absolute atomic E-state index is 0.185. The van der Waals surface area contributed by atoms with Gasteiger partial charge in [0.15, 0.2) is 6.10 Å². The molecule has 292 valence electrons. The molecule has 5 heterocycles. The van der Waals surface area contributed by atoms with E-state index < -0.39 is 17.7 Å². The molecule has 6 aromatic rings. The highest BCUT2D eigenvalue weighted by Gasteiger charge is 2.33. The molecule has 0 saturated heterocycles. The van der Waals surface area contributed by atoms with Gasteiger partial charge in [0.25, 0.3) is 0 Å². The van der Waals surface area contributed by atoms with Crippen LogP contribution >= 0.6 is 0 Å². The van der Waals surface area contributed by atoms with Crippen LogP contribution in [-0.4, -0.2) is 49.1 Å². The smallest absolute Gasteiger partial charge is 0.337 e. The fourth-order valence-electron chi connectivity index (χ4n) is 8.44. The van der Waals surface area contributed by atoms with Crippen LogP contribution in [0, 0.1) is 6.92 Å². The summed E-state index contributed by atoms with van der Waals surface area (Å²) in [6.45, 7) is 7.97. The van der Waals surface area contributed by atoms with Crippen LogP contribution in [0.25, 0.3) is 32.9 Å². The summed E-state index contributed by atoms with van der Waals surface area (Å²) < 4.78 is 12.3. The van der Waals surface area contributed by atoms with Crippen LogP contribution in [0.15, 0.2) is 67.0 Å². The van der Waals surface area contributed by atoms with E-state index in [0.29, 0.717) is 57.8 Å². The van der Waals surface area contributed by atoms with Crippen LogP contribution < -0.4 is 15.8 Å². The first-order chi connectivity index (χ1) is 27.4. The number of hydrogen-bond acceptors (Lipinski definition) is 9. The van der Waals surface area contributed by atoms with E-state index in [2.05, 4.69) is 16.4 Å². The number of pyridine rings is 4. The Kier molecular flexibility index (Phi) is 10.3. The summed E-state index contributed by atoms with van der Waals surface area (Å²) in [5.74, 6) is 0.246. The highest BCUT2D eigenvalue weighted by molar-refractivity contribution is 6.08. The molecule has 0 bridgehead atoms. The van der Waals surface area contributed by atoms with Gasteiger partial charge in [-0.3, -0.25) is 14.8 Å². The quantitative estimate of drug-likeness (QED) is 0.117. The Morgan fingerprint density at radius 1 is 0.912 bits per heavy atom. The number of benzene rings is 2. The van der Waals surface area contributed by atoms with Gasteiger partial charge < -0.3 is 25.6 Å². The Balaban J connectivity index is 1.09. The minimum Gasteiger partial charge on any atom is -0.493 e. The topological polar surface area (TPSA) is 162 Å². The van der Waals surface area contributed by atoms with Gasteiger partial charge in [-0.1, -0.05) is 6.07 Å². The number of aromatic nitrogens is 4. The van der Waals surface area contributed by atoms with E-state index in [-0.39, 0.29) is 12.3 Å². The number of hydrogen-bond donors (Lipinski definition) is 3. The molecule has 0 radical (unpaired) electrons. The van der Waals surface area contributed by atoms with Gasteiger partial charge in [-0.05, 0) is 155 Å². The van der Waals surface area contributed by atoms with Crippen molar-refractivity contribution in [2.24, 2.45) is 0 Å². The molecule has 0 saturated carbocycles. The Morgan fingerprint density at radius 3 is 2.54 bits per heavy atom. The number of carboxylic acid groups (broad SMARTS) is 1. The van der Waals surface area contributed by atoms with Crippen molar-refractivity contribution in [3.05, 3.63) is 112 Å². The first-order valence-corrected chi connectivity index (χ1v) is 19.8. The minimum atomic E-state index is -1.27. The Bertz CT molecular complexity index is 2530. The number of nitrogen functional groups attached to an aromatic ring is 1. The lowest BCUT2D eigenvalue weighted by Crippen LogP contribution is -2.28. The molecular weight excluding hydrogens is 717 g/mol. The maximum absolute atomic E-state index is 13.5. The first-order valence-electron chi connectivity index (χ1n) is 19.8. The standard InChI is InChI=1S/C46H48N6O5/c1-26-25-35-31(42(40(26)44(45(54)55)57-46(2,3)4)32-11-15-36-41-29(21-24-56-36)20-23-49-43(32)41)12-17-38(51-35)52-39(53)18-14-33-28(10-16-37(47)50-33)9-13-34-30-8-6-5-7-27(30)19-22-48-34/h10-12,15-17,19-20,22-23,25,44H,5-9,13-14,18,21,24H2,1-4H3,(H2,47,50)(H,54,55)(H,51,52,53). The lowest BCUT2D eigenvalue weighted by molar-refractivity contribution is -0.160. The molecule has 2 aromatic carbocycles. The summed E-state index contributed by atoms with van der Waals surface area (Å²) in [5.41, 5.74) is 16.2. The van der Waals surface area contributed by atoms with E-state index in [1.54, 1.807) is 12.3 Å². The summed E-state index contributed by atoms with van der Waals surface area (Å²) >= 11 is 0. The number of nitrogens with two attached hydrogens (primary N) is 1. The van der Waals surface area contributed by atoms with E-state index in [1.165, 1.54) is 24.0 Å². The maximum Gasteiger partial charge on any atom is 0.337 e. The van der Waals surface area contributed by atoms with E-state index in [4.69, 9.17) is 30.2 Å². The summed E-state index contributed by atoms with van der Waals surface area (Å²) in [6, 6.07) is 17.3. The molecule has 4 aromatic heterocycles. The van der Waals surface area contributed by atoms with E-state index in [9.17, 15) is 14.7 Å². The number of carbonyl (C=O) groups is 2. The number of fused-ring (bicyclic) bond motifs is 2. The summed E-state index contributed by atoms with van der Waals surface area (Å²) in [5, 5.41) is 15.2. The van der Waals surface area contributed by atoms with Crippen molar-refractivity contribution in [2.45, 2.75) is 97.2 Å². The molecular formula is C46H48N6O5. The lowest BCUT2D eigenvalue weighted by Gasteiger charge is -2.29. The predicted molar refractivity (Wildman–Crippen MR) is 222 cm³/mol. The molecule has 1 unspecified atom stereocenters. The third kappa shape index (κ3) is 7.89. The summed E-state index contributed by atoms with van der Waals surface area (Å²) in [7, 11) is 0. The number of nitrogens with one attached hydrogen (secondary N) is 1. The zero-order valence-corrected chi connectivity index (χ0v) is 32.9. The number of aliphatic carboxylic acids is 1. The van der Waals surface area contributed by atoms with Crippen molar-refractivity contribution < 1.29 is 24.2 Å². The molecule has 8 rings (SSSR count). The van der Waals surface area contributed by atoms with Crippen LogP contribution in [0.1, 0.15) is 90.9 Å². The molecule has 0 spiro atoms. The fourth-order valence-corrected chi connectivity index (χ4v) is 8.44. The number of aryl methyl sites for hydroxylation is 5. The third-order valence-corrected chi connectivity index (χ3v) is 11.0. The average Bonchev–Trinajstić information content (AvgIpc) is 3.18. The van der Waals surface area contributed by atoms with Gasteiger partial charge in [0.05, 0.1) is 23.2 Å². The van der Waals surface area contributed by atoms with Crippen LogP contribution in [0.3, 0.4) is 0 Å². The van der Waals surface area contributed by atoms with Crippen molar-refractivity contribution in [3.63, 3.8) is 0 Å². The zero-order valence-electron chi connectivity index (χ0n) is 32.9. The van der Waals surface area contributed by atoms with Crippen molar-refractivity contribution in [3.8, 4) is 16.9 Å². The number of carboxylic acids is 1. The Labute approximate surface area is 332 Å². The van der Waals surface area contributed by atoms with Crippen molar-refractivity contribution >= 4 is 45.3 Å². The third-order valence-electron chi connectivity index (χ3n) is 11.0. The molecule has 11 heteroatoms. The van der Waals surface area contributed by atoms with Crippen molar-refractivity contribution in [2.75, 3.05) is 17.7 Å². The molecule has 57 heavy (non-hydrogen) atoms. The van der Waals surface area contributed by atoms with Crippen molar-refractivity contribution in [1.82, 2.24) is 19.9 Å². The summed E-state index contributed by atoms with van der Waals surface area (Å²) in [6.07, 6.45) is 9.94. The van der Waals surface area contributed by atoms with Crippen molar-refractivity contribution in [1.29, 1.82) is 0 Å². The molecule has 1 aliphatic carbocycles. The number of rotatable bonds is 11. The van der Waals surface area contributed by atoms with E-state index in [0.717, 1.165) is 71.3 Å². The molecule has 1 aliphatic heterocycles. The van der Waals surface area contributed by atoms with Crippen LogP contribution in [0.2, 0.25) is 0 Å². The van der Waals surface area contributed by atoms with E-state index >= 15 is 0 Å². The molecule has 4 N–H and O–H groups in total. The number of amides is 1. The number of carbonyl (C=O) groups excluding carboxylic acids is 1. The van der Waals surface area contributed by atoms with Gasteiger partial charge in [-0.2, -0.15) is 0 Å². The van der Waals surface area contributed by atoms with Gasteiger partial charge in [-0.25, -0.2) is 14.8 Å². The highest BCUT2D eigenvalue weighted by atomic mass is 16.5. The molecule has 2 aliphatic rings. The zero-order chi connectivity index (χ0) is 39.8. The lowest BCUT2D eigenvalue weighted by atomic mass is 9.86. The Morgan fingerprint density at radius 2 is 1.72 bits per heavy atom. The number of ether oxygens (including phenoxy) is 2. The van der Waals surface area contributed by atoms with Crippen LogP contribution in [-0.2, 0) is 52.9 Å². The highest BCUT2D eigenvalue weighted by Crippen LogP contribution is 2.45.